The van der Waals surface area contributed by atoms with Gasteiger partial charge >= 0.3 is 0 Å². The summed E-state index contributed by atoms with van der Waals surface area (Å²) >= 11 is 2.89. The molecule has 6 heteroatoms. The van der Waals surface area contributed by atoms with E-state index in [0.717, 1.165) is 0 Å². The number of nitrogens with zero attached hydrogens (tertiary/aromatic N) is 1. The molecular formula is C4H4BrN3O2. The molecule has 1 rings (SSSR count). The molecule has 54 valence electrons. The van der Waals surface area contributed by atoms with E-state index in [9.17, 15) is 4.79 Å². The second kappa shape index (κ2) is 2.30. The zero-order valence-electron chi connectivity index (χ0n) is 4.80. The summed E-state index contributed by atoms with van der Waals surface area (Å²) in [5.41, 5.74) is 10.1. The summed E-state index contributed by atoms with van der Waals surface area (Å²) in [5.74, 6) is -0.845. The Morgan fingerprint density at radius 1 is 1.70 bits per heavy atom. The van der Waals surface area contributed by atoms with Crippen molar-refractivity contribution in [3.05, 3.63) is 10.6 Å². The number of hydrogen-bond acceptors (Lipinski definition) is 4. The van der Waals surface area contributed by atoms with Crippen molar-refractivity contribution in [3.8, 4) is 0 Å². The number of carbonyl (C=O) groups excluding carboxylic acids is 1. The fourth-order valence-corrected chi connectivity index (χ4v) is 0.834. The van der Waals surface area contributed by atoms with Crippen molar-refractivity contribution in [2.45, 2.75) is 0 Å². The third-order valence-electron chi connectivity index (χ3n) is 0.851. The van der Waals surface area contributed by atoms with Crippen molar-refractivity contribution >= 4 is 27.7 Å². The summed E-state index contributed by atoms with van der Waals surface area (Å²) in [5, 5.41) is 0. The standard InChI is InChI=1S/C4H4BrN3O2/c5-4-8-2(6)1(10-4)3(7)9/h6H2,(H2,7,9). The molecular weight excluding hydrogens is 202 g/mol. The maximum absolute atomic E-state index is 10.4. The Balaban J connectivity index is 3.15. The minimum atomic E-state index is -0.726. The van der Waals surface area contributed by atoms with Crippen LogP contribution in [0.5, 0.6) is 0 Å². The molecule has 0 aliphatic carbocycles. The minimum absolute atomic E-state index is 0.000579. The summed E-state index contributed by atoms with van der Waals surface area (Å²) in [6.07, 6.45) is 0. The van der Waals surface area contributed by atoms with Crippen LogP contribution in [0.15, 0.2) is 9.22 Å². The highest BCUT2D eigenvalue weighted by Crippen LogP contribution is 2.16. The fraction of sp³-hybridized carbons (Fsp3) is 0. The molecule has 0 aromatic carbocycles. The first-order chi connectivity index (χ1) is 4.61. The predicted octanol–water partition coefficient (Wildman–Crippen LogP) is 0.118. The molecule has 0 aliphatic rings. The zero-order chi connectivity index (χ0) is 7.72. The molecule has 1 heterocycles. The number of rotatable bonds is 1. The Kier molecular flexibility index (Phi) is 1.62. The lowest BCUT2D eigenvalue weighted by atomic mass is 10.4. The van der Waals surface area contributed by atoms with Gasteiger partial charge < -0.3 is 15.9 Å². The van der Waals surface area contributed by atoms with Crippen molar-refractivity contribution in [1.82, 2.24) is 4.98 Å². The van der Waals surface area contributed by atoms with Gasteiger partial charge in [-0.2, -0.15) is 4.98 Å². The maximum atomic E-state index is 10.4. The Hall–Kier alpha value is -1.04. The summed E-state index contributed by atoms with van der Waals surface area (Å²) in [7, 11) is 0. The van der Waals surface area contributed by atoms with Crippen LogP contribution in [0.1, 0.15) is 10.6 Å². The number of halogens is 1. The lowest BCUT2D eigenvalue weighted by Gasteiger charge is -1.84. The van der Waals surface area contributed by atoms with E-state index in [-0.39, 0.29) is 16.4 Å². The van der Waals surface area contributed by atoms with Crippen LogP contribution < -0.4 is 11.5 Å². The van der Waals surface area contributed by atoms with Crippen LogP contribution >= 0.6 is 15.9 Å². The molecule has 0 fully saturated rings. The zero-order valence-corrected chi connectivity index (χ0v) is 6.38. The lowest BCUT2D eigenvalue weighted by Crippen LogP contribution is -2.11. The van der Waals surface area contributed by atoms with Gasteiger partial charge in [0.05, 0.1) is 0 Å². The van der Waals surface area contributed by atoms with E-state index in [1.807, 2.05) is 0 Å². The second-order valence-corrected chi connectivity index (χ2v) is 2.22. The van der Waals surface area contributed by atoms with Gasteiger partial charge in [0.2, 0.25) is 5.76 Å². The summed E-state index contributed by atoms with van der Waals surface area (Å²) < 4.78 is 4.68. The van der Waals surface area contributed by atoms with Gasteiger partial charge in [-0.1, -0.05) is 0 Å². The van der Waals surface area contributed by atoms with Crippen LogP contribution in [0, 0.1) is 0 Å². The van der Waals surface area contributed by atoms with Crippen molar-refractivity contribution in [3.63, 3.8) is 0 Å². The first kappa shape index (κ1) is 7.07. The number of anilines is 1. The van der Waals surface area contributed by atoms with Gasteiger partial charge in [-0.3, -0.25) is 4.79 Å². The van der Waals surface area contributed by atoms with Crippen LogP contribution in [0.2, 0.25) is 0 Å². The monoisotopic (exact) mass is 205 g/mol. The van der Waals surface area contributed by atoms with Crippen LogP contribution in [-0.2, 0) is 0 Å². The Bertz CT molecular complexity index is 269. The van der Waals surface area contributed by atoms with E-state index in [1.54, 1.807) is 0 Å². The molecule has 0 atom stereocenters. The normalized spacial score (nSPS) is 9.70. The topological polar surface area (TPSA) is 95.1 Å². The number of amides is 1. The van der Waals surface area contributed by atoms with E-state index >= 15 is 0 Å². The number of carbonyl (C=O) groups is 1. The number of hydrogen-bond donors (Lipinski definition) is 2. The minimum Gasteiger partial charge on any atom is -0.423 e. The second-order valence-electron chi connectivity index (χ2n) is 1.55. The van der Waals surface area contributed by atoms with Crippen LogP contribution in [-0.4, -0.2) is 10.9 Å². The Morgan fingerprint density at radius 3 is 2.50 bits per heavy atom. The molecule has 0 unspecified atom stereocenters. The number of oxazole rings is 1. The number of nitrogens with two attached hydrogens (primary N) is 2. The first-order valence-electron chi connectivity index (χ1n) is 2.33. The Morgan fingerprint density at radius 2 is 2.30 bits per heavy atom. The summed E-state index contributed by atoms with van der Waals surface area (Å²) in [4.78, 5) is 14.1. The summed E-state index contributed by atoms with van der Waals surface area (Å²) in [6, 6.07) is 0. The van der Waals surface area contributed by atoms with Gasteiger partial charge in [0.25, 0.3) is 10.7 Å². The van der Waals surface area contributed by atoms with Gasteiger partial charge in [0.1, 0.15) is 0 Å². The molecule has 0 radical (unpaired) electrons. The molecule has 5 nitrogen and oxygen atoms in total. The smallest absolute Gasteiger partial charge is 0.288 e. The van der Waals surface area contributed by atoms with Gasteiger partial charge in [0.15, 0.2) is 5.82 Å². The van der Waals surface area contributed by atoms with E-state index in [0.29, 0.717) is 0 Å². The van der Waals surface area contributed by atoms with E-state index in [1.165, 1.54) is 0 Å². The summed E-state index contributed by atoms with van der Waals surface area (Å²) in [6.45, 7) is 0. The average molecular weight is 206 g/mol. The van der Waals surface area contributed by atoms with Gasteiger partial charge in [-0.15, -0.1) is 0 Å². The van der Waals surface area contributed by atoms with Crippen molar-refractivity contribution < 1.29 is 9.21 Å². The molecule has 1 aromatic rings. The van der Waals surface area contributed by atoms with E-state index in [4.69, 9.17) is 11.5 Å². The third-order valence-corrected chi connectivity index (χ3v) is 1.19. The van der Waals surface area contributed by atoms with Crippen LogP contribution in [0.25, 0.3) is 0 Å². The van der Waals surface area contributed by atoms with E-state index in [2.05, 4.69) is 25.3 Å². The maximum Gasteiger partial charge on any atom is 0.288 e. The molecule has 0 saturated carbocycles. The van der Waals surface area contributed by atoms with Crippen molar-refractivity contribution in [2.75, 3.05) is 5.73 Å². The molecule has 4 N–H and O–H groups in total. The molecule has 1 aromatic heterocycles. The SMILES string of the molecule is NC(=O)c1oc(Br)nc1N. The fourth-order valence-electron chi connectivity index (χ4n) is 0.481. The van der Waals surface area contributed by atoms with Crippen LogP contribution in [0.4, 0.5) is 5.82 Å². The van der Waals surface area contributed by atoms with Crippen molar-refractivity contribution in [2.24, 2.45) is 5.73 Å². The molecule has 0 saturated heterocycles. The molecule has 0 aliphatic heterocycles. The molecule has 0 bridgehead atoms. The quantitative estimate of drug-likeness (QED) is 0.681. The van der Waals surface area contributed by atoms with Crippen molar-refractivity contribution in [1.29, 1.82) is 0 Å². The number of aromatic nitrogens is 1. The largest absolute Gasteiger partial charge is 0.423 e. The molecule has 1 amide bonds. The highest BCUT2D eigenvalue weighted by atomic mass is 79.9. The van der Waals surface area contributed by atoms with E-state index < -0.39 is 5.91 Å². The first-order valence-corrected chi connectivity index (χ1v) is 3.12. The number of nitrogen functional groups attached to an aromatic ring is 1. The lowest BCUT2D eigenvalue weighted by molar-refractivity contribution is 0.0974. The number of primary amides is 1. The predicted molar refractivity (Wildman–Crippen MR) is 37.1 cm³/mol. The van der Waals surface area contributed by atoms with Crippen LogP contribution in [0.3, 0.4) is 0 Å². The third kappa shape index (κ3) is 1.10. The average Bonchev–Trinajstić information content (AvgIpc) is 2.10. The van der Waals surface area contributed by atoms with Gasteiger partial charge in [0, 0.05) is 15.9 Å². The highest BCUT2D eigenvalue weighted by Gasteiger charge is 2.12. The molecule has 10 heavy (non-hydrogen) atoms. The Labute approximate surface area is 64.5 Å². The highest BCUT2D eigenvalue weighted by molar-refractivity contribution is 9.10. The van der Waals surface area contributed by atoms with Gasteiger partial charge in [-0.25, -0.2) is 0 Å². The van der Waals surface area contributed by atoms with Gasteiger partial charge in [-0.05, 0) is 0 Å². The molecule has 0 spiro atoms.